The van der Waals surface area contributed by atoms with Crippen LogP contribution in [-0.4, -0.2) is 46.9 Å². The highest BCUT2D eigenvalue weighted by Gasteiger charge is 2.29. The highest BCUT2D eigenvalue weighted by Crippen LogP contribution is 2.24. The monoisotopic (exact) mass is 265 g/mol. The molecule has 0 radical (unpaired) electrons. The second-order valence-electron chi connectivity index (χ2n) is 4.98. The number of ether oxygens (including phenoxy) is 1. The third-order valence-corrected chi connectivity index (χ3v) is 3.46. The maximum absolute atomic E-state index is 11.2. The van der Waals surface area contributed by atoms with Gasteiger partial charge in [0, 0.05) is 13.1 Å². The first-order valence-electron chi connectivity index (χ1n) is 6.32. The van der Waals surface area contributed by atoms with Crippen molar-refractivity contribution in [2.75, 3.05) is 19.8 Å². The van der Waals surface area contributed by atoms with Gasteiger partial charge in [0.25, 0.3) is 0 Å². The van der Waals surface area contributed by atoms with Crippen molar-refractivity contribution in [2.45, 2.75) is 26.4 Å². The Bertz CT molecular complexity index is 463. The Morgan fingerprint density at radius 3 is 2.63 bits per heavy atom. The number of aromatic hydroxyl groups is 1. The molecule has 1 heterocycles. The van der Waals surface area contributed by atoms with Gasteiger partial charge in [-0.25, -0.2) is 0 Å². The van der Waals surface area contributed by atoms with E-state index in [1.807, 2.05) is 30.9 Å². The lowest BCUT2D eigenvalue weighted by molar-refractivity contribution is -0.150. The van der Waals surface area contributed by atoms with Gasteiger partial charge in [-0.1, -0.05) is 12.1 Å². The van der Waals surface area contributed by atoms with Crippen LogP contribution in [0.5, 0.6) is 5.75 Å². The van der Waals surface area contributed by atoms with Crippen molar-refractivity contribution < 1.29 is 19.7 Å². The summed E-state index contributed by atoms with van der Waals surface area (Å²) in [4.78, 5) is 13.1. The fraction of sp³-hybridized carbons (Fsp3) is 0.500. The van der Waals surface area contributed by atoms with E-state index >= 15 is 0 Å². The average molecular weight is 265 g/mol. The molecule has 1 aromatic carbocycles. The maximum atomic E-state index is 11.2. The van der Waals surface area contributed by atoms with E-state index in [0.29, 0.717) is 25.4 Å². The van der Waals surface area contributed by atoms with Crippen molar-refractivity contribution in [1.82, 2.24) is 4.90 Å². The zero-order valence-electron chi connectivity index (χ0n) is 11.2. The van der Waals surface area contributed by atoms with Gasteiger partial charge in [-0.05, 0) is 30.5 Å². The normalized spacial score (nSPS) is 20.4. The van der Waals surface area contributed by atoms with Crippen LogP contribution < -0.4 is 0 Å². The Kier molecular flexibility index (Phi) is 4.07. The predicted octanol–water partition coefficient (Wildman–Crippen LogP) is 1.29. The van der Waals surface area contributed by atoms with Gasteiger partial charge in [-0.2, -0.15) is 0 Å². The van der Waals surface area contributed by atoms with Gasteiger partial charge < -0.3 is 14.9 Å². The third kappa shape index (κ3) is 3.05. The van der Waals surface area contributed by atoms with Gasteiger partial charge in [-0.15, -0.1) is 0 Å². The number of morpholine rings is 1. The van der Waals surface area contributed by atoms with Gasteiger partial charge in [0.1, 0.15) is 11.8 Å². The fourth-order valence-electron chi connectivity index (χ4n) is 2.43. The minimum absolute atomic E-state index is 0.228. The molecule has 104 valence electrons. The standard InChI is InChI=1S/C14H19NO4/c1-9-5-11(6-10(2)13(9)16)7-15-3-4-19-8-12(15)14(17)18/h5-6,12,16H,3-4,7-8H2,1-2H3,(H,17,18). The molecule has 1 aromatic rings. The number of hydrogen-bond acceptors (Lipinski definition) is 4. The molecule has 0 amide bonds. The number of phenolic OH excluding ortho intramolecular Hbond substituents is 1. The lowest BCUT2D eigenvalue weighted by Gasteiger charge is -2.32. The number of carboxylic acid groups (broad SMARTS) is 1. The third-order valence-electron chi connectivity index (χ3n) is 3.46. The quantitative estimate of drug-likeness (QED) is 0.862. The number of benzene rings is 1. The minimum Gasteiger partial charge on any atom is -0.507 e. The van der Waals surface area contributed by atoms with Crippen LogP contribution in [-0.2, 0) is 16.1 Å². The van der Waals surface area contributed by atoms with E-state index in [1.165, 1.54) is 0 Å². The van der Waals surface area contributed by atoms with Gasteiger partial charge in [0.05, 0.1) is 13.2 Å². The molecule has 2 rings (SSSR count). The number of aryl methyl sites for hydroxylation is 2. The topological polar surface area (TPSA) is 70.0 Å². The molecule has 0 saturated carbocycles. The Morgan fingerprint density at radius 1 is 1.42 bits per heavy atom. The summed E-state index contributed by atoms with van der Waals surface area (Å²) in [6.07, 6.45) is 0. The van der Waals surface area contributed by atoms with Crippen LogP contribution in [0.15, 0.2) is 12.1 Å². The summed E-state index contributed by atoms with van der Waals surface area (Å²) in [7, 11) is 0. The van der Waals surface area contributed by atoms with Gasteiger partial charge in [0.2, 0.25) is 0 Å². The van der Waals surface area contributed by atoms with Gasteiger partial charge in [0.15, 0.2) is 0 Å². The second-order valence-corrected chi connectivity index (χ2v) is 4.98. The van der Waals surface area contributed by atoms with E-state index in [1.54, 1.807) is 0 Å². The van der Waals surface area contributed by atoms with Crippen molar-refractivity contribution in [3.05, 3.63) is 28.8 Å². The summed E-state index contributed by atoms with van der Waals surface area (Å²) in [6, 6.07) is 3.20. The largest absolute Gasteiger partial charge is 0.507 e. The van der Waals surface area contributed by atoms with Crippen molar-refractivity contribution >= 4 is 5.97 Å². The summed E-state index contributed by atoms with van der Waals surface area (Å²) in [5.74, 6) is -0.549. The van der Waals surface area contributed by atoms with E-state index in [2.05, 4.69) is 0 Å². The number of rotatable bonds is 3. The van der Waals surface area contributed by atoms with Crippen molar-refractivity contribution in [3.63, 3.8) is 0 Å². The lowest BCUT2D eigenvalue weighted by atomic mass is 10.0. The number of hydrogen-bond donors (Lipinski definition) is 2. The molecule has 5 heteroatoms. The van der Waals surface area contributed by atoms with Crippen LogP contribution in [0.3, 0.4) is 0 Å². The lowest BCUT2D eigenvalue weighted by Crippen LogP contribution is -2.49. The molecule has 5 nitrogen and oxygen atoms in total. The highest BCUT2D eigenvalue weighted by molar-refractivity contribution is 5.73. The first-order valence-corrected chi connectivity index (χ1v) is 6.32. The molecule has 0 spiro atoms. The van der Waals surface area contributed by atoms with E-state index in [0.717, 1.165) is 16.7 Å². The minimum atomic E-state index is -0.855. The molecule has 1 unspecified atom stereocenters. The Hall–Kier alpha value is -1.59. The van der Waals surface area contributed by atoms with E-state index < -0.39 is 12.0 Å². The van der Waals surface area contributed by atoms with E-state index in [9.17, 15) is 15.0 Å². The Morgan fingerprint density at radius 2 is 2.05 bits per heavy atom. The van der Waals surface area contributed by atoms with Crippen LogP contribution in [0.25, 0.3) is 0 Å². The van der Waals surface area contributed by atoms with Crippen LogP contribution in [0.4, 0.5) is 0 Å². The number of phenols is 1. The van der Waals surface area contributed by atoms with Crippen molar-refractivity contribution in [2.24, 2.45) is 0 Å². The fourth-order valence-corrected chi connectivity index (χ4v) is 2.43. The Labute approximate surface area is 112 Å². The number of nitrogens with zero attached hydrogens (tertiary/aromatic N) is 1. The number of carboxylic acids is 1. The number of carbonyl (C=O) groups is 1. The molecule has 0 aliphatic carbocycles. The first-order chi connectivity index (χ1) is 8.99. The zero-order chi connectivity index (χ0) is 14.0. The highest BCUT2D eigenvalue weighted by atomic mass is 16.5. The molecule has 1 fully saturated rings. The smallest absolute Gasteiger partial charge is 0.323 e. The molecular formula is C14H19NO4. The number of aliphatic carboxylic acids is 1. The van der Waals surface area contributed by atoms with Crippen LogP contribution >= 0.6 is 0 Å². The maximum Gasteiger partial charge on any atom is 0.323 e. The molecule has 1 aliphatic heterocycles. The summed E-state index contributed by atoms with van der Waals surface area (Å²) < 4.78 is 5.22. The molecule has 0 bridgehead atoms. The van der Waals surface area contributed by atoms with Crippen molar-refractivity contribution in [3.8, 4) is 5.75 Å². The predicted molar refractivity (Wildman–Crippen MR) is 70.2 cm³/mol. The zero-order valence-corrected chi connectivity index (χ0v) is 11.2. The van der Waals surface area contributed by atoms with Gasteiger partial charge >= 0.3 is 5.97 Å². The summed E-state index contributed by atoms with van der Waals surface area (Å²) in [5, 5.41) is 18.9. The molecule has 1 saturated heterocycles. The molecule has 19 heavy (non-hydrogen) atoms. The molecule has 1 atom stereocenters. The summed E-state index contributed by atoms with van der Waals surface area (Å²) in [5.41, 5.74) is 2.64. The average Bonchev–Trinajstić information content (AvgIpc) is 2.36. The SMILES string of the molecule is Cc1cc(CN2CCOCC2C(=O)O)cc(C)c1O. The molecular weight excluding hydrogens is 246 g/mol. The van der Waals surface area contributed by atoms with Gasteiger partial charge in [-0.3, -0.25) is 9.69 Å². The van der Waals surface area contributed by atoms with Crippen molar-refractivity contribution in [1.29, 1.82) is 0 Å². The molecule has 0 aromatic heterocycles. The molecule has 1 aliphatic rings. The van der Waals surface area contributed by atoms with Crippen LogP contribution in [0.2, 0.25) is 0 Å². The summed E-state index contributed by atoms with van der Waals surface area (Å²) in [6.45, 7) is 5.64. The van der Waals surface area contributed by atoms with E-state index in [4.69, 9.17) is 4.74 Å². The second kappa shape index (κ2) is 5.59. The molecule has 2 N–H and O–H groups in total. The van der Waals surface area contributed by atoms with Crippen LogP contribution in [0.1, 0.15) is 16.7 Å². The van der Waals surface area contributed by atoms with E-state index in [-0.39, 0.29) is 6.61 Å². The Balaban J connectivity index is 2.17. The summed E-state index contributed by atoms with van der Waals surface area (Å²) >= 11 is 0. The first kappa shape index (κ1) is 13.8. The van der Waals surface area contributed by atoms with Crippen LogP contribution in [0, 0.1) is 13.8 Å².